The standard InChI is InChI=1S/C14H18O2/c15-13-8-10-6-7-12(13)14(16,9-10)11-4-2-1-3-5-11/h1-5,10,12-13,15-16H,6-9H2/t10-,12+,13-,14-/m0/s1. The van der Waals surface area contributed by atoms with Gasteiger partial charge in [-0.15, -0.1) is 0 Å². The summed E-state index contributed by atoms with van der Waals surface area (Å²) in [5.41, 5.74) is 0.186. The van der Waals surface area contributed by atoms with Crippen LogP contribution in [0.2, 0.25) is 0 Å². The molecule has 4 rings (SSSR count). The minimum Gasteiger partial charge on any atom is -0.393 e. The van der Waals surface area contributed by atoms with E-state index in [9.17, 15) is 10.2 Å². The van der Waals surface area contributed by atoms with Crippen molar-refractivity contribution in [1.82, 2.24) is 0 Å². The summed E-state index contributed by atoms with van der Waals surface area (Å²) in [6, 6.07) is 9.84. The van der Waals surface area contributed by atoms with E-state index < -0.39 is 5.60 Å². The second kappa shape index (κ2) is 3.57. The number of hydrogen-bond donors (Lipinski definition) is 2. The summed E-state index contributed by atoms with van der Waals surface area (Å²) in [6.07, 6.45) is 3.49. The zero-order chi connectivity index (χ0) is 11.2. The summed E-state index contributed by atoms with van der Waals surface area (Å²) in [5.74, 6) is 0.519. The van der Waals surface area contributed by atoms with Gasteiger partial charge in [0.2, 0.25) is 0 Å². The zero-order valence-corrected chi connectivity index (χ0v) is 9.34. The fourth-order valence-electron chi connectivity index (χ4n) is 3.62. The third-order valence-electron chi connectivity index (χ3n) is 4.41. The summed E-state index contributed by atoms with van der Waals surface area (Å²) < 4.78 is 0. The first-order valence-electron chi connectivity index (χ1n) is 6.16. The van der Waals surface area contributed by atoms with Crippen LogP contribution in [-0.4, -0.2) is 16.3 Å². The van der Waals surface area contributed by atoms with Crippen LogP contribution in [0.4, 0.5) is 0 Å². The van der Waals surface area contributed by atoms with Gasteiger partial charge >= 0.3 is 0 Å². The van der Waals surface area contributed by atoms with Gasteiger partial charge in [0.25, 0.3) is 0 Å². The van der Waals surface area contributed by atoms with Crippen molar-refractivity contribution in [3.05, 3.63) is 35.9 Å². The van der Waals surface area contributed by atoms with Crippen molar-refractivity contribution in [2.75, 3.05) is 0 Å². The second-order valence-corrected chi connectivity index (χ2v) is 5.35. The van der Waals surface area contributed by atoms with Gasteiger partial charge < -0.3 is 10.2 Å². The van der Waals surface area contributed by atoms with Crippen LogP contribution in [-0.2, 0) is 5.60 Å². The van der Waals surface area contributed by atoms with E-state index in [2.05, 4.69) is 0 Å². The first kappa shape index (κ1) is 10.3. The normalized spacial score (nSPS) is 42.2. The molecule has 0 unspecified atom stereocenters. The molecule has 0 aliphatic heterocycles. The Morgan fingerprint density at radius 1 is 1.12 bits per heavy atom. The van der Waals surface area contributed by atoms with Crippen LogP contribution in [0.15, 0.2) is 30.3 Å². The SMILES string of the molecule is O[C@H]1C[C@@H]2CC[C@H]1[C@@](O)(c1ccccc1)C2. The van der Waals surface area contributed by atoms with Gasteiger partial charge in [0, 0.05) is 5.92 Å². The van der Waals surface area contributed by atoms with E-state index in [1.165, 1.54) is 0 Å². The Kier molecular flexibility index (Phi) is 2.30. The van der Waals surface area contributed by atoms with Gasteiger partial charge in [-0.2, -0.15) is 0 Å². The Morgan fingerprint density at radius 3 is 2.50 bits per heavy atom. The molecule has 0 amide bonds. The maximum atomic E-state index is 10.8. The molecule has 16 heavy (non-hydrogen) atoms. The molecule has 2 heteroatoms. The molecule has 3 aliphatic carbocycles. The molecule has 0 radical (unpaired) electrons. The van der Waals surface area contributed by atoms with E-state index >= 15 is 0 Å². The molecule has 1 aromatic rings. The highest BCUT2D eigenvalue weighted by Gasteiger charge is 2.51. The Morgan fingerprint density at radius 2 is 1.88 bits per heavy atom. The van der Waals surface area contributed by atoms with Gasteiger partial charge in [-0.05, 0) is 37.2 Å². The number of aliphatic hydroxyl groups excluding tert-OH is 1. The quantitative estimate of drug-likeness (QED) is 0.757. The smallest absolute Gasteiger partial charge is 0.0951 e. The fraction of sp³-hybridized carbons (Fsp3) is 0.571. The van der Waals surface area contributed by atoms with Crippen LogP contribution in [0, 0.1) is 11.8 Å². The van der Waals surface area contributed by atoms with Crippen LogP contribution in [0.25, 0.3) is 0 Å². The molecule has 0 saturated heterocycles. The lowest BCUT2D eigenvalue weighted by Crippen LogP contribution is -2.52. The molecule has 4 atom stereocenters. The number of benzene rings is 1. The summed E-state index contributed by atoms with van der Waals surface area (Å²) in [4.78, 5) is 0. The maximum Gasteiger partial charge on any atom is 0.0951 e. The topological polar surface area (TPSA) is 40.5 Å². The minimum atomic E-state index is -0.790. The van der Waals surface area contributed by atoms with Gasteiger partial charge in [0.1, 0.15) is 0 Å². The summed E-state index contributed by atoms with van der Waals surface area (Å²) in [7, 11) is 0. The Balaban J connectivity index is 1.99. The van der Waals surface area contributed by atoms with Crippen molar-refractivity contribution in [3.8, 4) is 0 Å². The van der Waals surface area contributed by atoms with Crippen molar-refractivity contribution < 1.29 is 10.2 Å². The highest BCUT2D eigenvalue weighted by atomic mass is 16.3. The number of hydrogen-bond acceptors (Lipinski definition) is 2. The molecule has 3 saturated carbocycles. The lowest BCUT2D eigenvalue weighted by molar-refractivity contribution is -0.157. The molecular weight excluding hydrogens is 200 g/mol. The molecule has 1 aromatic carbocycles. The van der Waals surface area contributed by atoms with Crippen molar-refractivity contribution in [2.45, 2.75) is 37.4 Å². The molecular formula is C14H18O2. The Labute approximate surface area is 95.9 Å². The molecule has 2 N–H and O–H groups in total. The van der Waals surface area contributed by atoms with E-state index in [-0.39, 0.29) is 12.0 Å². The summed E-state index contributed by atoms with van der Waals surface area (Å²) in [5, 5.41) is 20.9. The monoisotopic (exact) mass is 218 g/mol. The van der Waals surface area contributed by atoms with Crippen molar-refractivity contribution in [3.63, 3.8) is 0 Å². The van der Waals surface area contributed by atoms with Crippen LogP contribution in [0.3, 0.4) is 0 Å². The van der Waals surface area contributed by atoms with Gasteiger partial charge in [0.15, 0.2) is 0 Å². The second-order valence-electron chi connectivity index (χ2n) is 5.35. The van der Waals surface area contributed by atoms with Crippen molar-refractivity contribution in [1.29, 1.82) is 0 Å². The average Bonchev–Trinajstić information content (AvgIpc) is 2.30. The van der Waals surface area contributed by atoms with Gasteiger partial charge in [-0.1, -0.05) is 30.3 Å². The highest BCUT2D eigenvalue weighted by Crippen LogP contribution is 2.52. The minimum absolute atomic E-state index is 0.0277. The number of rotatable bonds is 1. The van der Waals surface area contributed by atoms with Crippen LogP contribution in [0.1, 0.15) is 31.2 Å². The number of aliphatic hydroxyl groups is 2. The van der Waals surface area contributed by atoms with E-state index in [1.807, 2.05) is 30.3 Å². The zero-order valence-electron chi connectivity index (χ0n) is 9.34. The largest absolute Gasteiger partial charge is 0.393 e. The van der Waals surface area contributed by atoms with E-state index in [4.69, 9.17) is 0 Å². The molecule has 2 bridgehead atoms. The van der Waals surface area contributed by atoms with E-state index in [0.717, 1.165) is 31.2 Å². The molecule has 0 heterocycles. The van der Waals surface area contributed by atoms with Crippen LogP contribution < -0.4 is 0 Å². The van der Waals surface area contributed by atoms with Crippen molar-refractivity contribution in [2.24, 2.45) is 11.8 Å². The average molecular weight is 218 g/mol. The molecule has 3 aliphatic rings. The summed E-state index contributed by atoms with van der Waals surface area (Å²) in [6.45, 7) is 0. The molecule has 0 aromatic heterocycles. The highest BCUT2D eigenvalue weighted by molar-refractivity contribution is 5.25. The van der Waals surface area contributed by atoms with E-state index in [0.29, 0.717) is 5.92 Å². The number of fused-ring (bicyclic) bond motifs is 3. The first-order chi connectivity index (χ1) is 7.70. The Bertz CT molecular complexity index is 376. The van der Waals surface area contributed by atoms with Crippen molar-refractivity contribution >= 4 is 0 Å². The summed E-state index contributed by atoms with van der Waals surface area (Å²) >= 11 is 0. The molecule has 3 fully saturated rings. The predicted octanol–water partition coefficient (Wildman–Crippen LogP) is 2.06. The third kappa shape index (κ3) is 1.40. The van der Waals surface area contributed by atoms with Gasteiger partial charge in [0.05, 0.1) is 11.7 Å². The predicted molar refractivity (Wildman–Crippen MR) is 61.8 cm³/mol. The maximum absolute atomic E-state index is 10.8. The fourth-order valence-corrected chi connectivity index (χ4v) is 3.62. The van der Waals surface area contributed by atoms with Gasteiger partial charge in [-0.25, -0.2) is 0 Å². The van der Waals surface area contributed by atoms with Gasteiger partial charge in [-0.3, -0.25) is 0 Å². The van der Waals surface area contributed by atoms with Crippen LogP contribution in [0.5, 0.6) is 0 Å². The lowest BCUT2D eigenvalue weighted by Gasteiger charge is -2.51. The third-order valence-corrected chi connectivity index (χ3v) is 4.41. The molecule has 86 valence electrons. The molecule has 2 nitrogen and oxygen atoms in total. The Hall–Kier alpha value is -0.860. The lowest BCUT2D eigenvalue weighted by atomic mass is 9.59. The molecule has 0 spiro atoms. The van der Waals surface area contributed by atoms with E-state index in [1.54, 1.807) is 0 Å². The first-order valence-corrected chi connectivity index (χ1v) is 6.16. The van der Waals surface area contributed by atoms with Crippen LogP contribution >= 0.6 is 0 Å².